The van der Waals surface area contributed by atoms with Crippen molar-refractivity contribution in [3.63, 3.8) is 0 Å². The molecule has 23 heavy (non-hydrogen) atoms. The van der Waals surface area contributed by atoms with Crippen LogP contribution in [0.15, 0.2) is 33.9 Å². The average Bonchev–Trinajstić information content (AvgIpc) is 2.55. The number of aromatic amines is 1. The zero-order valence-corrected chi connectivity index (χ0v) is 13.7. The lowest BCUT2D eigenvalue weighted by atomic mass is 10.1. The minimum atomic E-state index is -0.410. The highest BCUT2D eigenvalue weighted by Gasteiger charge is 2.25. The summed E-state index contributed by atoms with van der Waals surface area (Å²) < 4.78 is 1.57. The third kappa shape index (κ3) is 2.70. The number of H-pyrrole nitrogens is 1. The fourth-order valence-electron chi connectivity index (χ4n) is 2.95. The third-order valence-corrected chi connectivity index (χ3v) is 4.59. The number of aromatic nitrogens is 2. The van der Waals surface area contributed by atoms with Crippen molar-refractivity contribution in [1.82, 2.24) is 14.5 Å². The minimum Gasteiger partial charge on any atom is -0.358 e. The number of hydrogen-bond acceptors (Lipinski definition) is 4. The van der Waals surface area contributed by atoms with Crippen molar-refractivity contribution in [2.24, 2.45) is 0 Å². The van der Waals surface area contributed by atoms with Crippen molar-refractivity contribution in [2.75, 3.05) is 12.0 Å². The maximum atomic E-state index is 12.4. The van der Waals surface area contributed by atoms with Gasteiger partial charge in [0.15, 0.2) is 0 Å². The molecule has 2 N–H and O–H groups in total. The molecule has 3 rings (SSSR count). The summed E-state index contributed by atoms with van der Waals surface area (Å²) in [4.78, 5) is 29.3. The Morgan fingerprint density at radius 1 is 1.26 bits per heavy atom. The lowest BCUT2D eigenvalue weighted by Crippen LogP contribution is -2.45. The predicted octanol–water partition coefficient (Wildman–Crippen LogP) is 1.82. The van der Waals surface area contributed by atoms with Gasteiger partial charge in [-0.15, -0.1) is 0 Å². The van der Waals surface area contributed by atoms with Gasteiger partial charge >= 0.3 is 5.69 Å². The van der Waals surface area contributed by atoms with E-state index in [9.17, 15) is 9.59 Å². The molecule has 6 nitrogen and oxygen atoms in total. The molecule has 2 heterocycles. The van der Waals surface area contributed by atoms with E-state index in [0.717, 1.165) is 17.7 Å². The van der Waals surface area contributed by atoms with E-state index in [4.69, 9.17) is 0 Å². The first-order valence-corrected chi connectivity index (χ1v) is 7.95. The van der Waals surface area contributed by atoms with Crippen LogP contribution >= 0.6 is 0 Å². The maximum Gasteiger partial charge on any atom is 0.334 e. The highest BCUT2D eigenvalue weighted by Crippen LogP contribution is 2.23. The quantitative estimate of drug-likeness (QED) is 0.906. The SMILES string of the molecule is CC[C@@H](C)N1CNc2c(c(=O)[nH]c(=O)n2-c2ccccc2C)C1. The first kappa shape index (κ1) is 15.6. The number of rotatable bonds is 3. The van der Waals surface area contributed by atoms with Gasteiger partial charge in [0.1, 0.15) is 5.82 Å². The van der Waals surface area contributed by atoms with Crippen molar-refractivity contribution in [3.05, 3.63) is 56.2 Å². The molecule has 0 bridgehead atoms. The number of para-hydroxylation sites is 1. The van der Waals surface area contributed by atoms with Crippen LogP contribution in [-0.2, 0) is 6.54 Å². The Labute approximate surface area is 134 Å². The maximum absolute atomic E-state index is 12.4. The van der Waals surface area contributed by atoms with Crippen molar-refractivity contribution >= 4 is 5.82 Å². The minimum absolute atomic E-state index is 0.310. The van der Waals surface area contributed by atoms with Gasteiger partial charge in [-0.3, -0.25) is 14.7 Å². The summed E-state index contributed by atoms with van der Waals surface area (Å²) in [5, 5.41) is 3.27. The van der Waals surface area contributed by atoms with Gasteiger partial charge in [0.05, 0.1) is 17.9 Å². The molecule has 1 atom stereocenters. The second-order valence-electron chi connectivity index (χ2n) is 6.05. The van der Waals surface area contributed by atoms with Gasteiger partial charge in [-0.05, 0) is 31.9 Å². The van der Waals surface area contributed by atoms with E-state index in [2.05, 4.69) is 29.0 Å². The molecule has 0 unspecified atom stereocenters. The number of nitrogens with zero attached hydrogens (tertiary/aromatic N) is 2. The number of hydrogen-bond donors (Lipinski definition) is 2. The second kappa shape index (κ2) is 6.04. The van der Waals surface area contributed by atoms with Gasteiger partial charge in [-0.1, -0.05) is 25.1 Å². The monoisotopic (exact) mass is 314 g/mol. The standard InChI is InChI=1S/C17H22N4O2/c1-4-12(3)20-9-13-15(18-10-20)21(17(23)19-16(13)22)14-8-6-5-7-11(14)2/h5-8,12,18H,4,9-10H2,1-3H3,(H,19,22,23)/t12-/m1/s1. The molecule has 0 saturated carbocycles. The molecule has 1 aliphatic heterocycles. The lowest BCUT2D eigenvalue weighted by molar-refractivity contribution is 0.200. The van der Waals surface area contributed by atoms with E-state index in [-0.39, 0.29) is 5.56 Å². The molecule has 0 radical (unpaired) electrons. The number of nitrogens with one attached hydrogen (secondary N) is 2. The molecule has 1 aromatic heterocycles. The van der Waals surface area contributed by atoms with Gasteiger partial charge < -0.3 is 5.32 Å². The summed E-state index contributed by atoms with van der Waals surface area (Å²) in [6.45, 7) is 7.38. The van der Waals surface area contributed by atoms with E-state index in [1.165, 1.54) is 0 Å². The first-order valence-electron chi connectivity index (χ1n) is 7.95. The molecular formula is C17H22N4O2. The zero-order valence-electron chi connectivity index (χ0n) is 13.7. The molecule has 6 heteroatoms. The van der Waals surface area contributed by atoms with Crippen LogP contribution < -0.4 is 16.6 Å². The zero-order chi connectivity index (χ0) is 16.6. The van der Waals surface area contributed by atoms with E-state index in [1.807, 2.05) is 31.2 Å². The van der Waals surface area contributed by atoms with Crippen LogP contribution in [0.5, 0.6) is 0 Å². The van der Waals surface area contributed by atoms with Crippen LogP contribution in [0.25, 0.3) is 5.69 Å². The van der Waals surface area contributed by atoms with Crippen LogP contribution in [0, 0.1) is 6.92 Å². The highest BCUT2D eigenvalue weighted by atomic mass is 16.2. The van der Waals surface area contributed by atoms with Gasteiger partial charge in [0.2, 0.25) is 0 Å². The summed E-state index contributed by atoms with van der Waals surface area (Å²) in [5.74, 6) is 0.604. The third-order valence-electron chi connectivity index (χ3n) is 4.59. The van der Waals surface area contributed by atoms with Crippen LogP contribution in [0.4, 0.5) is 5.82 Å². The number of anilines is 1. The van der Waals surface area contributed by atoms with Gasteiger partial charge in [0, 0.05) is 12.6 Å². The topological polar surface area (TPSA) is 70.1 Å². The summed E-state index contributed by atoms with van der Waals surface area (Å²) in [5.41, 5.74) is 1.66. The second-order valence-corrected chi connectivity index (χ2v) is 6.05. The van der Waals surface area contributed by atoms with Crippen LogP contribution in [0.2, 0.25) is 0 Å². The van der Waals surface area contributed by atoms with Crippen molar-refractivity contribution < 1.29 is 0 Å². The van der Waals surface area contributed by atoms with Crippen molar-refractivity contribution in [1.29, 1.82) is 0 Å². The molecule has 0 amide bonds. The fraction of sp³-hybridized carbons (Fsp3) is 0.412. The molecule has 0 spiro atoms. The molecule has 2 aromatic rings. The van der Waals surface area contributed by atoms with Crippen LogP contribution in [0.1, 0.15) is 31.4 Å². The van der Waals surface area contributed by atoms with E-state index in [1.54, 1.807) is 4.57 Å². The Morgan fingerprint density at radius 3 is 2.70 bits per heavy atom. The molecule has 1 aliphatic rings. The highest BCUT2D eigenvalue weighted by molar-refractivity contribution is 5.54. The molecule has 0 saturated heterocycles. The van der Waals surface area contributed by atoms with Gasteiger partial charge in [-0.2, -0.15) is 0 Å². The van der Waals surface area contributed by atoms with Crippen molar-refractivity contribution in [2.45, 2.75) is 39.8 Å². The van der Waals surface area contributed by atoms with Crippen LogP contribution in [0.3, 0.4) is 0 Å². The van der Waals surface area contributed by atoms with E-state index >= 15 is 0 Å². The van der Waals surface area contributed by atoms with Crippen molar-refractivity contribution in [3.8, 4) is 5.69 Å². The Morgan fingerprint density at radius 2 is 2.00 bits per heavy atom. The average molecular weight is 314 g/mol. The number of fused-ring (bicyclic) bond motifs is 1. The van der Waals surface area contributed by atoms with Gasteiger partial charge in [0.25, 0.3) is 5.56 Å². The Bertz CT molecular complexity index is 837. The van der Waals surface area contributed by atoms with Crippen LogP contribution in [-0.4, -0.2) is 27.2 Å². The molecule has 122 valence electrons. The Balaban J connectivity index is 2.17. The first-order chi connectivity index (χ1) is 11.0. The molecule has 0 fully saturated rings. The Kier molecular flexibility index (Phi) is 4.09. The van der Waals surface area contributed by atoms with Gasteiger partial charge in [-0.25, -0.2) is 9.36 Å². The largest absolute Gasteiger partial charge is 0.358 e. The van der Waals surface area contributed by atoms with E-state index in [0.29, 0.717) is 30.6 Å². The number of aryl methyl sites for hydroxylation is 1. The lowest BCUT2D eigenvalue weighted by Gasteiger charge is -2.34. The normalized spacial score (nSPS) is 15.8. The fourth-order valence-corrected chi connectivity index (χ4v) is 2.95. The molecule has 1 aromatic carbocycles. The summed E-state index contributed by atoms with van der Waals surface area (Å²) in [6.07, 6.45) is 1.01. The summed E-state index contributed by atoms with van der Waals surface area (Å²) in [6, 6.07) is 8.03. The molecule has 0 aliphatic carbocycles. The summed E-state index contributed by atoms with van der Waals surface area (Å²) >= 11 is 0. The smallest absolute Gasteiger partial charge is 0.334 e. The predicted molar refractivity (Wildman–Crippen MR) is 91.2 cm³/mol. The number of benzene rings is 1. The molecular weight excluding hydrogens is 292 g/mol. The Hall–Kier alpha value is -2.34. The summed E-state index contributed by atoms with van der Waals surface area (Å²) in [7, 11) is 0. The van der Waals surface area contributed by atoms with E-state index < -0.39 is 5.69 Å².